The topological polar surface area (TPSA) is 41.6 Å². The Morgan fingerprint density at radius 1 is 1.19 bits per heavy atom. The second-order valence-electron chi connectivity index (χ2n) is 3.26. The molecule has 0 saturated carbocycles. The molecule has 2 rings (SSSR count). The van der Waals surface area contributed by atoms with Gasteiger partial charge in [-0.3, -0.25) is 5.10 Å². The van der Waals surface area contributed by atoms with E-state index >= 15 is 0 Å². The second kappa shape index (κ2) is 5.04. The number of aromatic amines is 1. The van der Waals surface area contributed by atoms with Crippen LogP contribution in [0.2, 0.25) is 10.0 Å². The normalized spacial score (nSPS) is 10.7. The number of benzene rings is 1. The largest absolute Gasteiger partial charge is 0.263 e. The number of hydrogen-bond acceptors (Lipinski definition) is 2. The molecule has 0 aliphatic rings. The maximum Gasteiger partial charge on any atom is 0.165 e. The molecule has 0 bridgehead atoms. The Morgan fingerprint density at radius 2 is 2.00 bits per heavy atom. The molecular formula is C10H8Cl3N3. The summed E-state index contributed by atoms with van der Waals surface area (Å²) in [6.45, 7) is 0. The first-order valence-electron chi connectivity index (χ1n) is 4.59. The van der Waals surface area contributed by atoms with Crippen molar-refractivity contribution in [3.8, 4) is 0 Å². The number of aromatic nitrogens is 3. The fourth-order valence-corrected chi connectivity index (χ4v) is 1.76. The van der Waals surface area contributed by atoms with Crippen LogP contribution < -0.4 is 0 Å². The lowest BCUT2D eigenvalue weighted by Crippen LogP contribution is -1.91. The molecule has 0 saturated heterocycles. The van der Waals surface area contributed by atoms with E-state index in [-0.39, 0.29) is 0 Å². The van der Waals surface area contributed by atoms with Gasteiger partial charge >= 0.3 is 0 Å². The third kappa shape index (κ3) is 2.67. The van der Waals surface area contributed by atoms with E-state index in [1.54, 1.807) is 6.07 Å². The summed E-state index contributed by atoms with van der Waals surface area (Å²) in [5.41, 5.74) is 1.02. The minimum absolute atomic E-state index is 0.303. The van der Waals surface area contributed by atoms with Crippen LogP contribution >= 0.6 is 34.8 Å². The predicted octanol–water partition coefficient (Wildman–Crippen LogP) is 3.44. The average Bonchev–Trinajstić information content (AvgIpc) is 2.71. The number of nitrogens with one attached hydrogen (secondary N) is 1. The first kappa shape index (κ1) is 11.7. The maximum atomic E-state index is 5.91. The van der Waals surface area contributed by atoms with Crippen LogP contribution in [0.5, 0.6) is 0 Å². The number of hydrogen-bond donors (Lipinski definition) is 1. The van der Waals surface area contributed by atoms with E-state index in [2.05, 4.69) is 15.2 Å². The zero-order valence-electron chi connectivity index (χ0n) is 8.17. The lowest BCUT2D eigenvalue weighted by molar-refractivity contribution is 0.968. The summed E-state index contributed by atoms with van der Waals surface area (Å²) in [7, 11) is 0. The summed E-state index contributed by atoms with van der Waals surface area (Å²) in [5.74, 6) is 1.66. The number of H-pyrrole nitrogens is 1. The molecule has 0 fully saturated rings. The molecule has 84 valence electrons. The summed E-state index contributed by atoms with van der Waals surface area (Å²) < 4.78 is 0. The highest BCUT2D eigenvalue weighted by Gasteiger charge is 2.05. The van der Waals surface area contributed by atoms with Crippen LogP contribution in [0.1, 0.15) is 17.2 Å². The molecule has 1 aromatic carbocycles. The summed E-state index contributed by atoms with van der Waals surface area (Å²) >= 11 is 17.3. The molecule has 1 N–H and O–H groups in total. The fourth-order valence-electron chi connectivity index (χ4n) is 1.32. The van der Waals surface area contributed by atoms with Gasteiger partial charge in [0.25, 0.3) is 0 Å². The van der Waals surface area contributed by atoms with Crippen LogP contribution in [-0.2, 0) is 12.3 Å². The van der Waals surface area contributed by atoms with Gasteiger partial charge in [0.2, 0.25) is 0 Å². The predicted molar refractivity (Wildman–Crippen MR) is 65.2 cm³/mol. The van der Waals surface area contributed by atoms with Gasteiger partial charge in [-0.25, -0.2) is 4.98 Å². The third-order valence-electron chi connectivity index (χ3n) is 2.05. The van der Waals surface area contributed by atoms with Crippen molar-refractivity contribution < 1.29 is 0 Å². The summed E-state index contributed by atoms with van der Waals surface area (Å²) in [5, 5.41) is 7.85. The molecule has 1 aromatic heterocycles. The van der Waals surface area contributed by atoms with Crippen molar-refractivity contribution in [3.05, 3.63) is 45.5 Å². The highest BCUT2D eigenvalue weighted by molar-refractivity contribution is 6.42. The van der Waals surface area contributed by atoms with Crippen molar-refractivity contribution in [1.82, 2.24) is 15.2 Å². The van der Waals surface area contributed by atoms with Crippen molar-refractivity contribution in [2.45, 2.75) is 12.3 Å². The number of alkyl halides is 1. The monoisotopic (exact) mass is 275 g/mol. The Hall–Kier alpha value is -0.770. The van der Waals surface area contributed by atoms with Crippen molar-refractivity contribution in [2.24, 2.45) is 0 Å². The number of nitrogens with zero attached hydrogens (tertiary/aromatic N) is 2. The van der Waals surface area contributed by atoms with E-state index in [1.165, 1.54) is 0 Å². The molecule has 16 heavy (non-hydrogen) atoms. The smallest absolute Gasteiger partial charge is 0.165 e. The molecule has 0 radical (unpaired) electrons. The summed E-state index contributed by atoms with van der Waals surface area (Å²) in [6, 6.07) is 5.47. The highest BCUT2D eigenvalue weighted by atomic mass is 35.5. The first-order chi connectivity index (χ1) is 7.69. The van der Waals surface area contributed by atoms with Gasteiger partial charge in [-0.05, 0) is 17.7 Å². The van der Waals surface area contributed by atoms with Crippen LogP contribution in [0.3, 0.4) is 0 Å². The second-order valence-corrected chi connectivity index (χ2v) is 4.34. The van der Waals surface area contributed by atoms with E-state index in [0.717, 1.165) is 11.4 Å². The van der Waals surface area contributed by atoms with Gasteiger partial charge in [0.1, 0.15) is 5.82 Å². The van der Waals surface area contributed by atoms with Gasteiger partial charge < -0.3 is 0 Å². The Balaban J connectivity index is 2.17. The zero-order chi connectivity index (χ0) is 11.5. The molecule has 0 atom stereocenters. The van der Waals surface area contributed by atoms with Crippen LogP contribution in [0.25, 0.3) is 0 Å². The van der Waals surface area contributed by atoms with E-state index < -0.39 is 0 Å². The molecule has 1 heterocycles. The molecule has 0 spiro atoms. The van der Waals surface area contributed by atoms with Crippen molar-refractivity contribution >= 4 is 34.8 Å². The van der Waals surface area contributed by atoms with Gasteiger partial charge in [-0.15, -0.1) is 11.6 Å². The first-order valence-corrected chi connectivity index (χ1v) is 5.88. The quantitative estimate of drug-likeness (QED) is 0.873. The van der Waals surface area contributed by atoms with E-state index in [4.69, 9.17) is 34.8 Å². The summed E-state index contributed by atoms with van der Waals surface area (Å²) in [6.07, 6.45) is 0.626. The molecule has 2 aromatic rings. The van der Waals surface area contributed by atoms with Crippen molar-refractivity contribution in [2.75, 3.05) is 0 Å². The minimum atomic E-state index is 0.303. The van der Waals surface area contributed by atoms with Gasteiger partial charge in [0, 0.05) is 6.42 Å². The zero-order valence-corrected chi connectivity index (χ0v) is 10.4. The Morgan fingerprint density at radius 3 is 2.62 bits per heavy atom. The van der Waals surface area contributed by atoms with Crippen molar-refractivity contribution in [3.63, 3.8) is 0 Å². The molecule has 0 unspecified atom stereocenters. The van der Waals surface area contributed by atoms with Crippen molar-refractivity contribution in [1.29, 1.82) is 0 Å². The van der Waals surface area contributed by atoms with Crippen LogP contribution in [0, 0.1) is 0 Å². The third-order valence-corrected chi connectivity index (χ3v) is 3.03. The van der Waals surface area contributed by atoms with Gasteiger partial charge in [-0.1, -0.05) is 29.3 Å². The molecule has 6 heteroatoms. The van der Waals surface area contributed by atoms with E-state index in [9.17, 15) is 0 Å². The van der Waals surface area contributed by atoms with Gasteiger partial charge in [0.15, 0.2) is 5.82 Å². The molecule has 0 amide bonds. The maximum absolute atomic E-state index is 5.91. The van der Waals surface area contributed by atoms with Gasteiger partial charge in [-0.2, -0.15) is 5.10 Å². The molecular weight excluding hydrogens is 268 g/mol. The highest BCUT2D eigenvalue weighted by Crippen LogP contribution is 2.23. The Labute approximate surface area is 108 Å². The SMILES string of the molecule is ClCc1n[nH]c(Cc2ccc(Cl)c(Cl)c2)n1. The minimum Gasteiger partial charge on any atom is -0.263 e. The standard InChI is InChI=1S/C10H8Cl3N3/c11-5-10-14-9(15-16-10)4-6-1-2-7(12)8(13)3-6/h1-3H,4-5H2,(H,14,15,16). The van der Waals surface area contributed by atoms with Crippen LogP contribution in [0.4, 0.5) is 0 Å². The Kier molecular flexibility index (Phi) is 3.69. The van der Waals surface area contributed by atoms with Crippen LogP contribution in [0.15, 0.2) is 18.2 Å². The Bertz CT molecular complexity index is 496. The lowest BCUT2D eigenvalue weighted by atomic mass is 10.1. The molecule has 3 nitrogen and oxygen atoms in total. The van der Waals surface area contributed by atoms with Gasteiger partial charge in [0.05, 0.1) is 15.9 Å². The average molecular weight is 277 g/mol. The molecule has 0 aliphatic heterocycles. The summed E-state index contributed by atoms with van der Waals surface area (Å²) in [4.78, 5) is 4.20. The number of rotatable bonds is 3. The lowest BCUT2D eigenvalue weighted by Gasteiger charge is -2.00. The molecule has 0 aliphatic carbocycles. The van der Waals surface area contributed by atoms with E-state index in [0.29, 0.717) is 28.2 Å². The van der Waals surface area contributed by atoms with E-state index in [1.807, 2.05) is 12.1 Å². The number of halogens is 3. The fraction of sp³-hybridized carbons (Fsp3) is 0.200. The van der Waals surface area contributed by atoms with Crippen LogP contribution in [-0.4, -0.2) is 15.2 Å².